The van der Waals surface area contributed by atoms with Crippen molar-refractivity contribution in [2.24, 2.45) is 0 Å². The van der Waals surface area contributed by atoms with Crippen LogP contribution in [0.2, 0.25) is 0 Å². The van der Waals surface area contributed by atoms with Crippen molar-refractivity contribution in [2.45, 2.75) is 20.0 Å². The monoisotopic (exact) mass is 300 g/mol. The lowest BCUT2D eigenvalue weighted by Gasteiger charge is -2.13. The standard InChI is InChI=1S/C15H16N4O3/c1-9-4-3-5-11(8-9)19-14(20)10(2)22-15(21)12-13(16)18-7-6-17-12/h3-8,10H,1-2H3,(H2,16,18)(H,19,20)/t10-/m0/s1. The molecule has 114 valence electrons. The molecule has 3 N–H and O–H groups in total. The van der Waals surface area contributed by atoms with Gasteiger partial charge in [0.1, 0.15) is 0 Å². The molecule has 0 fully saturated rings. The van der Waals surface area contributed by atoms with Gasteiger partial charge >= 0.3 is 5.97 Å². The van der Waals surface area contributed by atoms with Crippen molar-refractivity contribution in [3.8, 4) is 0 Å². The minimum atomic E-state index is -0.991. The fourth-order valence-corrected chi connectivity index (χ4v) is 1.74. The van der Waals surface area contributed by atoms with Crippen LogP contribution >= 0.6 is 0 Å². The summed E-state index contributed by atoms with van der Waals surface area (Å²) < 4.78 is 5.05. The third kappa shape index (κ3) is 3.78. The predicted octanol–water partition coefficient (Wildman–Crippen LogP) is 1.55. The van der Waals surface area contributed by atoms with E-state index in [0.717, 1.165) is 5.56 Å². The molecular formula is C15H16N4O3. The van der Waals surface area contributed by atoms with E-state index in [1.165, 1.54) is 19.3 Å². The maximum absolute atomic E-state index is 12.0. The first-order valence-corrected chi connectivity index (χ1v) is 6.62. The molecule has 0 aliphatic heterocycles. The van der Waals surface area contributed by atoms with Crippen molar-refractivity contribution in [1.82, 2.24) is 9.97 Å². The van der Waals surface area contributed by atoms with E-state index in [-0.39, 0.29) is 11.5 Å². The van der Waals surface area contributed by atoms with Crippen molar-refractivity contribution >= 4 is 23.4 Å². The highest BCUT2D eigenvalue weighted by atomic mass is 16.5. The van der Waals surface area contributed by atoms with Crippen molar-refractivity contribution in [3.05, 3.63) is 47.9 Å². The van der Waals surface area contributed by atoms with Crippen LogP contribution in [0.4, 0.5) is 11.5 Å². The summed E-state index contributed by atoms with van der Waals surface area (Å²) in [6.45, 7) is 3.38. The maximum atomic E-state index is 12.0. The first kappa shape index (κ1) is 15.4. The Kier molecular flexibility index (Phi) is 4.67. The molecule has 22 heavy (non-hydrogen) atoms. The average Bonchev–Trinajstić information content (AvgIpc) is 2.47. The van der Waals surface area contributed by atoms with Crippen LogP contribution in [0, 0.1) is 6.92 Å². The quantitative estimate of drug-likeness (QED) is 0.830. The van der Waals surface area contributed by atoms with E-state index < -0.39 is 18.0 Å². The predicted molar refractivity (Wildman–Crippen MR) is 81.1 cm³/mol. The van der Waals surface area contributed by atoms with Gasteiger partial charge in [-0.1, -0.05) is 12.1 Å². The number of nitrogens with one attached hydrogen (secondary N) is 1. The zero-order valence-electron chi connectivity index (χ0n) is 12.2. The Morgan fingerprint density at radius 2 is 2.00 bits per heavy atom. The number of ether oxygens (including phenoxy) is 1. The fraction of sp³-hybridized carbons (Fsp3) is 0.200. The van der Waals surface area contributed by atoms with Gasteiger partial charge in [-0.2, -0.15) is 0 Å². The van der Waals surface area contributed by atoms with E-state index in [4.69, 9.17) is 10.5 Å². The number of nitrogen functional groups attached to an aromatic ring is 1. The number of esters is 1. The molecule has 1 heterocycles. The summed E-state index contributed by atoms with van der Waals surface area (Å²) in [5.41, 5.74) is 7.07. The van der Waals surface area contributed by atoms with Crippen LogP contribution < -0.4 is 11.1 Å². The second kappa shape index (κ2) is 6.66. The summed E-state index contributed by atoms with van der Waals surface area (Å²) in [5.74, 6) is -1.28. The van der Waals surface area contributed by atoms with Crippen LogP contribution in [-0.2, 0) is 9.53 Å². The second-order valence-electron chi connectivity index (χ2n) is 4.70. The van der Waals surface area contributed by atoms with E-state index in [1.807, 2.05) is 25.1 Å². The van der Waals surface area contributed by atoms with E-state index in [1.54, 1.807) is 6.07 Å². The minimum absolute atomic E-state index is 0.0428. The number of anilines is 2. The molecule has 1 amide bonds. The summed E-state index contributed by atoms with van der Waals surface area (Å²) >= 11 is 0. The SMILES string of the molecule is Cc1cccc(NC(=O)[C@H](C)OC(=O)c2nccnc2N)c1. The maximum Gasteiger partial charge on any atom is 0.361 e. The number of hydrogen-bond acceptors (Lipinski definition) is 6. The highest BCUT2D eigenvalue weighted by Gasteiger charge is 2.21. The van der Waals surface area contributed by atoms with E-state index in [0.29, 0.717) is 5.69 Å². The molecule has 7 nitrogen and oxygen atoms in total. The molecular weight excluding hydrogens is 284 g/mol. The molecule has 1 atom stereocenters. The number of aromatic nitrogens is 2. The highest BCUT2D eigenvalue weighted by Crippen LogP contribution is 2.12. The molecule has 0 bridgehead atoms. The van der Waals surface area contributed by atoms with Gasteiger partial charge in [-0.15, -0.1) is 0 Å². The Balaban J connectivity index is 1.99. The second-order valence-corrected chi connectivity index (χ2v) is 4.70. The molecule has 1 aromatic carbocycles. The number of carbonyl (C=O) groups excluding carboxylic acids is 2. The Labute approximate surface area is 127 Å². The lowest BCUT2D eigenvalue weighted by Crippen LogP contribution is -2.30. The normalized spacial score (nSPS) is 11.5. The van der Waals surface area contributed by atoms with Gasteiger partial charge < -0.3 is 15.8 Å². The Hall–Kier alpha value is -2.96. The molecule has 0 saturated heterocycles. The fourth-order valence-electron chi connectivity index (χ4n) is 1.74. The van der Waals surface area contributed by atoms with Crippen LogP contribution in [0.3, 0.4) is 0 Å². The smallest absolute Gasteiger partial charge is 0.361 e. The molecule has 0 aliphatic rings. The molecule has 0 spiro atoms. The Morgan fingerprint density at radius 3 is 2.68 bits per heavy atom. The Morgan fingerprint density at radius 1 is 1.27 bits per heavy atom. The number of carbonyl (C=O) groups is 2. The lowest BCUT2D eigenvalue weighted by atomic mass is 10.2. The average molecular weight is 300 g/mol. The molecule has 0 saturated carbocycles. The van der Waals surface area contributed by atoms with Gasteiger partial charge in [0.15, 0.2) is 17.6 Å². The largest absolute Gasteiger partial charge is 0.448 e. The summed E-state index contributed by atoms with van der Waals surface area (Å²) in [5, 5.41) is 2.67. The number of rotatable bonds is 4. The molecule has 0 radical (unpaired) electrons. The first-order chi connectivity index (χ1) is 10.5. The van der Waals surface area contributed by atoms with Crippen LogP contribution in [0.5, 0.6) is 0 Å². The first-order valence-electron chi connectivity index (χ1n) is 6.62. The molecule has 0 aliphatic carbocycles. The number of nitrogens with zero attached hydrogens (tertiary/aromatic N) is 2. The van der Waals surface area contributed by atoms with E-state index in [9.17, 15) is 9.59 Å². The van der Waals surface area contributed by atoms with Crippen molar-refractivity contribution in [2.75, 3.05) is 11.1 Å². The number of benzene rings is 1. The summed E-state index contributed by atoms with van der Waals surface area (Å²) in [7, 11) is 0. The minimum Gasteiger partial charge on any atom is -0.448 e. The highest BCUT2D eigenvalue weighted by molar-refractivity contribution is 5.98. The Bertz CT molecular complexity index is 703. The third-order valence-corrected chi connectivity index (χ3v) is 2.86. The molecule has 7 heteroatoms. The van der Waals surface area contributed by atoms with Crippen molar-refractivity contribution in [1.29, 1.82) is 0 Å². The topological polar surface area (TPSA) is 107 Å². The van der Waals surface area contributed by atoms with Crippen LogP contribution in [0.25, 0.3) is 0 Å². The van der Waals surface area contributed by atoms with Crippen LogP contribution in [-0.4, -0.2) is 27.9 Å². The van der Waals surface area contributed by atoms with Crippen LogP contribution in [0.15, 0.2) is 36.7 Å². The van der Waals surface area contributed by atoms with Gasteiger partial charge in [0, 0.05) is 18.1 Å². The van der Waals surface area contributed by atoms with Gasteiger partial charge in [0.2, 0.25) is 0 Å². The number of hydrogen-bond donors (Lipinski definition) is 2. The van der Waals surface area contributed by atoms with E-state index >= 15 is 0 Å². The number of amides is 1. The zero-order valence-corrected chi connectivity index (χ0v) is 12.2. The third-order valence-electron chi connectivity index (χ3n) is 2.86. The summed E-state index contributed by atoms with van der Waals surface area (Å²) in [6.07, 6.45) is 1.69. The van der Waals surface area contributed by atoms with E-state index in [2.05, 4.69) is 15.3 Å². The van der Waals surface area contributed by atoms with Crippen molar-refractivity contribution < 1.29 is 14.3 Å². The summed E-state index contributed by atoms with van der Waals surface area (Å²) in [4.78, 5) is 31.5. The molecule has 2 rings (SSSR count). The summed E-state index contributed by atoms with van der Waals surface area (Å²) in [6, 6.07) is 7.30. The van der Waals surface area contributed by atoms with Crippen LogP contribution in [0.1, 0.15) is 23.0 Å². The zero-order chi connectivity index (χ0) is 16.1. The van der Waals surface area contributed by atoms with Crippen molar-refractivity contribution in [3.63, 3.8) is 0 Å². The molecule has 1 aromatic heterocycles. The number of aryl methyl sites for hydroxylation is 1. The number of nitrogens with two attached hydrogens (primary N) is 1. The molecule has 2 aromatic rings. The molecule has 0 unspecified atom stereocenters. The van der Waals surface area contributed by atoms with Gasteiger partial charge in [0.25, 0.3) is 5.91 Å². The van der Waals surface area contributed by atoms with Gasteiger partial charge in [-0.25, -0.2) is 14.8 Å². The van der Waals surface area contributed by atoms with Gasteiger partial charge in [-0.3, -0.25) is 4.79 Å². The van der Waals surface area contributed by atoms with Gasteiger partial charge in [0.05, 0.1) is 0 Å². The lowest BCUT2D eigenvalue weighted by molar-refractivity contribution is -0.123. The van der Waals surface area contributed by atoms with Gasteiger partial charge in [-0.05, 0) is 31.5 Å².